The van der Waals surface area contributed by atoms with Crippen molar-refractivity contribution in [2.24, 2.45) is 5.73 Å². The zero-order chi connectivity index (χ0) is 9.03. The van der Waals surface area contributed by atoms with Gasteiger partial charge in [-0.3, -0.25) is 0 Å². The van der Waals surface area contributed by atoms with Gasteiger partial charge in [0.2, 0.25) is 0 Å². The van der Waals surface area contributed by atoms with Crippen LogP contribution in [0.4, 0.5) is 0 Å². The molecule has 2 nitrogen and oxygen atoms in total. The van der Waals surface area contributed by atoms with Gasteiger partial charge in [0.05, 0.1) is 6.61 Å². The lowest BCUT2D eigenvalue weighted by molar-refractivity contribution is 0.143. The Bertz CT molecular complexity index is 222. The fraction of sp³-hybridized carbons (Fsp3) is 0.556. The summed E-state index contributed by atoms with van der Waals surface area (Å²) in [6, 6.07) is 4.15. The first-order valence-corrected chi connectivity index (χ1v) is 4.84. The first-order valence-electron chi connectivity index (χ1n) is 3.96. The summed E-state index contributed by atoms with van der Waals surface area (Å²) in [4.78, 5) is 1.30. The molecule has 1 aromatic heterocycles. The van der Waals surface area contributed by atoms with Crippen molar-refractivity contribution in [2.75, 3.05) is 20.3 Å². The van der Waals surface area contributed by atoms with Crippen molar-refractivity contribution < 1.29 is 4.74 Å². The van der Waals surface area contributed by atoms with E-state index in [2.05, 4.69) is 18.4 Å². The minimum absolute atomic E-state index is 0.0110. The Morgan fingerprint density at radius 3 is 2.83 bits per heavy atom. The average molecular weight is 185 g/mol. The summed E-state index contributed by atoms with van der Waals surface area (Å²) in [5, 5.41) is 2.07. The monoisotopic (exact) mass is 185 g/mol. The molecule has 1 aromatic rings. The zero-order valence-electron chi connectivity index (χ0n) is 7.54. The van der Waals surface area contributed by atoms with E-state index in [9.17, 15) is 0 Å². The predicted octanol–water partition coefficient (Wildman–Crippen LogP) is 1.61. The Morgan fingerprint density at radius 2 is 2.42 bits per heavy atom. The van der Waals surface area contributed by atoms with Crippen LogP contribution < -0.4 is 5.73 Å². The van der Waals surface area contributed by atoms with Crippen molar-refractivity contribution >= 4 is 11.3 Å². The number of hydrogen-bond acceptors (Lipinski definition) is 3. The fourth-order valence-corrected chi connectivity index (χ4v) is 2.06. The second-order valence-corrected chi connectivity index (χ2v) is 4.12. The highest BCUT2D eigenvalue weighted by atomic mass is 32.1. The number of hydrogen-bond donors (Lipinski definition) is 1. The van der Waals surface area contributed by atoms with Gasteiger partial charge in [0.25, 0.3) is 0 Å². The molecule has 2 N–H and O–H groups in total. The SMILES string of the molecule is COCC(C)(CN)c1cccs1. The van der Waals surface area contributed by atoms with E-state index in [1.54, 1.807) is 18.4 Å². The van der Waals surface area contributed by atoms with E-state index in [0.717, 1.165) is 0 Å². The lowest BCUT2D eigenvalue weighted by Gasteiger charge is -2.25. The number of rotatable bonds is 4. The van der Waals surface area contributed by atoms with Crippen molar-refractivity contribution in [3.8, 4) is 0 Å². The molecule has 0 saturated carbocycles. The molecule has 1 unspecified atom stereocenters. The van der Waals surface area contributed by atoms with Gasteiger partial charge in [-0.25, -0.2) is 0 Å². The Kier molecular flexibility index (Phi) is 3.26. The second-order valence-electron chi connectivity index (χ2n) is 3.18. The number of thiophene rings is 1. The molecular weight excluding hydrogens is 170 g/mol. The smallest absolute Gasteiger partial charge is 0.0576 e. The minimum atomic E-state index is -0.0110. The summed E-state index contributed by atoms with van der Waals surface area (Å²) in [6.45, 7) is 3.44. The van der Waals surface area contributed by atoms with Crippen LogP contribution in [-0.2, 0) is 10.2 Å². The summed E-state index contributed by atoms with van der Waals surface area (Å²) in [5.74, 6) is 0. The highest BCUT2D eigenvalue weighted by Crippen LogP contribution is 2.26. The molecule has 68 valence electrons. The quantitative estimate of drug-likeness (QED) is 0.773. The van der Waals surface area contributed by atoms with Crippen LogP contribution in [0.15, 0.2) is 17.5 Å². The Balaban J connectivity index is 2.80. The first-order chi connectivity index (χ1) is 5.73. The molecule has 12 heavy (non-hydrogen) atoms. The van der Waals surface area contributed by atoms with Crippen molar-refractivity contribution in [3.05, 3.63) is 22.4 Å². The molecule has 0 aromatic carbocycles. The number of methoxy groups -OCH3 is 1. The van der Waals surface area contributed by atoms with Crippen molar-refractivity contribution in [2.45, 2.75) is 12.3 Å². The molecule has 1 rings (SSSR count). The van der Waals surface area contributed by atoms with Gasteiger partial charge >= 0.3 is 0 Å². The molecule has 3 heteroatoms. The third-order valence-electron chi connectivity index (χ3n) is 2.03. The van der Waals surface area contributed by atoms with Crippen LogP contribution in [0.2, 0.25) is 0 Å². The molecule has 0 fully saturated rings. The molecular formula is C9H15NOS. The Hall–Kier alpha value is -0.380. The van der Waals surface area contributed by atoms with E-state index in [1.165, 1.54) is 4.88 Å². The van der Waals surface area contributed by atoms with Gasteiger partial charge in [-0.1, -0.05) is 13.0 Å². The van der Waals surface area contributed by atoms with Crippen molar-refractivity contribution in [1.29, 1.82) is 0 Å². The van der Waals surface area contributed by atoms with Crippen molar-refractivity contribution in [3.63, 3.8) is 0 Å². The zero-order valence-corrected chi connectivity index (χ0v) is 8.36. The van der Waals surface area contributed by atoms with Crippen molar-refractivity contribution in [1.82, 2.24) is 0 Å². The van der Waals surface area contributed by atoms with Gasteiger partial charge in [0, 0.05) is 23.9 Å². The lowest BCUT2D eigenvalue weighted by Crippen LogP contribution is -2.35. The lowest BCUT2D eigenvalue weighted by atomic mass is 9.90. The molecule has 0 bridgehead atoms. The number of nitrogens with two attached hydrogens (primary N) is 1. The number of ether oxygens (including phenoxy) is 1. The Morgan fingerprint density at radius 1 is 1.67 bits per heavy atom. The third kappa shape index (κ3) is 1.86. The molecule has 0 spiro atoms. The van der Waals surface area contributed by atoms with E-state index < -0.39 is 0 Å². The summed E-state index contributed by atoms with van der Waals surface area (Å²) < 4.78 is 5.15. The molecule has 0 saturated heterocycles. The van der Waals surface area contributed by atoms with Crippen LogP contribution in [0.5, 0.6) is 0 Å². The van der Waals surface area contributed by atoms with Gasteiger partial charge in [-0.15, -0.1) is 11.3 Å². The predicted molar refractivity (Wildman–Crippen MR) is 52.6 cm³/mol. The largest absolute Gasteiger partial charge is 0.384 e. The van der Waals surface area contributed by atoms with E-state index in [0.29, 0.717) is 13.2 Å². The van der Waals surface area contributed by atoms with Gasteiger partial charge < -0.3 is 10.5 Å². The molecule has 0 radical (unpaired) electrons. The molecule has 0 amide bonds. The third-order valence-corrected chi connectivity index (χ3v) is 3.21. The van der Waals surface area contributed by atoms with Gasteiger partial charge in [-0.05, 0) is 11.4 Å². The van der Waals surface area contributed by atoms with Crippen LogP contribution in [0.3, 0.4) is 0 Å². The normalized spacial score (nSPS) is 15.9. The van der Waals surface area contributed by atoms with Crippen LogP contribution in [-0.4, -0.2) is 20.3 Å². The summed E-state index contributed by atoms with van der Waals surface area (Å²) in [6.07, 6.45) is 0. The topological polar surface area (TPSA) is 35.2 Å². The van der Waals surface area contributed by atoms with Gasteiger partial charge in [0.15, 0.2) is 0 Å². The highest BCUT2D eigenvalue weighted by molar-refractivity contribution is 7.10. The van der Waals surface area contributed by atoms with Crippen LogP contribution in [0.25, 0.3) is 0 Å². The Labute approximate surface area is 77.3 Å². The summed E-state index contributed by atoms with van der Waals surface area (Å²) in [7, 11) is 1.71. The maximum atomic E-state index is 5.71. The van der Waals surface area contributed by atoms with Gasteiger partial charge in [0.1, 0.15) is 0 Å². The van der Waals surface area contributed by atoms with E-state index >= 15 is 0 Å². The maximum Gasteiger partial charge on any atom is 0.0576 e. The van der Waals surface area contributed by atoms with Crippen LogP contribution in [0, 0.1) is 0 Å². The standard InChI is InChI=1S/C9H15NOS/c1-9(6-10,7-11-2)8-4-3-5-12-8/h3-5H,6-7,10H2,1-2H3. The summed E-state index contributed by atoms with van der Waals surface area (Å²) in [5.41, 5.74) is 5.70. The fourth-order valence-electron chi connectivity index (χ4n) is 1.17. The molecule has 0 aliphatic heterocycles. The molecule has 0 aliphatic carbocycles. The second kappa shape index (κ2) is 4.03. The maximum absolute atomic E-state index is 5.71. The average Bonchev–Trinajstić information content (AvgIpc) is 2.57. The van der Waals surface area contributed by atoms with E-state index in [4.69, 9.17) is 10.5 Å². The van der Waals surface area contributed by atoms with E-state index in [1.807, 2.05) is 6.07 Å². The molecule has 0 aliphatic rings. The minimum Gasteiger partial charge on any atom is -0.384 e. The molecule has 1 atom stereocenters. The summed E-state index contributed by atoms with van der Waals surface area (Å²) >= 11 is 1.73. The highest BCUT2D eigenvalue weighted by Gasteiger charge is 2.25. The first kappa shape index (κ1) is 9.71. The van der Waals surface area contributed by atoms with E-state index in [-0.39, 0.29) is 5.41 Å². The van der Waals surface area contributed by atoms with Gasteiger partial charge in [-0.2, -0.15) is 0 Å². The van der Waals surface area contributed by atoms with Crippen LogP contribution in [0.1, 0.15) is 11.8 Å². The molecule has 1 heterocycles. The van der Waals surface area contributed by atoms with Crippen LogP contribution >= 0.6 is 11.3 Å².